The summed E-state index contributed by atoms with van der Waals surface area (Å²) >= 11 is 0. The van der Waals surface area contributed by atoms with Gasteiger partial charge >= 0.3 is 5.97 Å². The minimum atomic E-state index is -4.51. The Kier molecular flexibility index (Phi) is 6.66. The molecule has 0 saturated heterocycles. The largest absolute Gasteiger partial charge is 0.422 e. The highest BCUT2D eigenvalue weighted by atomic mass is 32.2. The molecule has 3 aromatic carbocycles. The molecule has 0 spiro atoms. The first kappa shape index (κ1) is 25.8. The molecular formula is C31H20N4O5S. The van der Waals surface area contributed by atoms with Gasteiger partial charge in [0.1, 0.15) is 10.6 Å². The van der Waals surface area contributed by atoms with E-state index in [2.05, 4.69) is 15.0 Å². The minimum absolute atomic E-state index is 0.0825. The Morgan fingerprint density at radius 3 is 2.05 bits per heavy atom. The number of anilines is 1. The Bertz CT molecular complexity index is 2030. The number of nitrogens with zero attached hydrogens (tertiary/aromatic N) is 4. The molecule has 0 radical (unpaired) electrons. The third kappa shape index (κ3) is 4.77. The van der Waals surface area contributed by atoms with Crippen molar-refractivity contribution >= 4 is 49.3 Å². The average molecular weight is 561 g/mol. The van der Waals surface area contributed by atoms with Crippen LogP contribution in [0.1, 0.15) is 20.7 Å². The first-order valence-corrected chi connectivity index (χ1v) is 13.9. The lowest BCUT2D eigenvalue weighted by Gasteiger charge is -2.25. The van der Waals surface area contributed by atoms with Crippen molar-refractivity contribution in [3.05, 3.63) is 133 Å². The zero-order valence-electron chi connectivity index (χ0n) is 21.3. The molecule has 0 saturated carbocycles. The van der Waals surface area contributed by atoms with E-state index in [1.54, 1.807) is 48.5 Å². The van der Waals surface area contributed by atoms with E-state index < -0.39 is 21.9 Å². The standard InChI is InChI=1S/C31H20N4O5S/c36-30(22-12-17-32-18-13-22)35(41(38,39)28-9-3-5-21-6-4-16-34-29(21)28)26-10-11-27(25-8-2-1-7-24(25)26)40-31(37)23-14-19-33-20-15-23/h1-20H. The second kappa shape index (κ2) is 10.6. The SMILES string of the molecule is O=C(Oc1ccc(N(C(=O)c2ccncc2)S(=O)(=O)c2cccc3cccnc23)c2ccccc12)c1ccncc1. The van der Waals surface area contributed by atoms with Crippen LogP contribution < -0.4 is 9.04 Å². The van der Waals surface area contributed by atoms with E-state index in [4.69, 9.17) is 4.74 Å². The van der Waals surface area contributed by atoms with Crippen molar-refractivity contribution in [3.63, 3.8) is 0 Å². The van der Waals surface area contributed by atoms with Gasteiger partial charge in [-0.1, -0.05) is 42.5 Å². The maximum absolute atomic E-state index is 14.4. The summed E-state index contributed by atoms with van der Waals surface area (Å²) in [6.07, 6.45) is 7.28. The van der Waals surface area contributed by atoms with Crippen molar-refractivity contribution in [2.45, 2.75) is 4.90 Å². The topological polar surface area (TPSA) is 119 Å². The van der Waals surface area contributed by atoms with Crippen molar-refractivity contribution in [3.8, 4) is 5.75 Å². The number of hydrogen-bond acceptors (Lipinski definition) is 8. The van der Waals surface area contributed by atoms with E-state index >= 15 is 0 Å². The molecule has 6 rings (SSSR count). The number of para-hydroxylation sites is 1. The zero-order chi connectivity index (χ0) is 28.4. The summed E-state index contributed by atoms with van der Waals surface area (Å²) in [6.45, 7) is 0. The summed E-state index contributed by atoms with van der Waals surface area (Å²) < 4.78 is 35.3. The number of hydrogen-bond donors (Lipinski definition) is 0. The summed E-state index contributed by atoms with van der Waals surface area (Å²) in [5.74, 6) is -1.19. The minimum Gasteiger partial charge on any atom is -0.422 e. The smallest absolute Gasteiger partial charge is 0.343 e. The van der Waals surface area contributed by atoms with Gasteiger partial charge in [0.2, 0.25) is 0 Å². The second-order valence-electron chi connectivity index (χ2n) is 8.90. The van der Waals surface area contributed by atoms with Crippen LogP contribution in [-0.2, 0) is 10.0 Å². The van der Waals surface area contributed by atoms with Gasteiger partial charge in [-0.15, -0.1) is 0 Å². The summed E-state index contributed by atoms with van der Waals surface area (Å²) in [4.78, 5) is 38.9. The van der Waals surface area contributed by atoms with E-state index in [0.29, 0.717) is 21.7 Å². The first-order chi connectivity index (χ1) is 19.9. The Morgan fingerprint density at radius 2 is 1.32 bits per heavy atom. The normalized spacial score (nSPS) is 11.3. The van der Waals surface area contributed by atoms with Crippen molar-refractivity contribution in [2.24, 2.45) is 0 Å². The number of carbonyl (C=O) groups is 2. The van der Waals surface area contributed by atoms with Crippen molar-refractivity contribution < 1.29 is 22.7 Å². The van der Waals surface area contributed by atoms with Crippen molar-refractivity contribution in [2.75, 3.05) is 4.31 Å². The second-order valence-corrected chi connectivity index (χ2v) is 10.7. The maximum Gasteiger partial charge on any atom is 0.343 e. The summed E-state index contributed by atoms with van der Waals surface area (Å²) in [5.41, 5.74) is 0.733. The molecule has 0 atom stereocenters. The number of sulfonamides is 1. The summed E-state index contributed by atoms with van der Waals surface area (Å²) in [7, 11) is -4.51. The lowest BCUT2D eigenvalue weighted by atomic mass is 10.1. The van der Waals surface area contributed by atoms with Crippen LogP contribution >= 0.6 is 0 Å². The quantitative estimate of drug-likeness (QED) is 0.195. The van der Waals surface area contributed by atoms with E-state index in [9.17, 15) is 18.0 Å². The molecule has 200 valence electrons. The molecule has 3 heterocycles. The van der Waals surface area contributed by atoms with Gasteiger partial charge in [-0.05, 0) is 48.5 Å². The number of ether oxygens (including phenoxy) is 1. The summed E-state index contributed by atoms with van der Waals surface area (Å²) in [5, 5.41) is 1.42. The average Bonchev–Trinajstić information content (AvgIpc) is 3.02. The number of benzene rings is 3. The maximum atomic E-state index is 14.4. The fourth-order valence-electron chi connectivity index (χ4n) is 4.51. The number of fused-ring (bicyclic) bond motifs is 2. The highest BCUT2D eigenvalue weighted by Crippen LogP contribution is 2.38. The van der Waals surface area contributed by atoms with Gasteiger partial charge in [-0.25, -0.2) is 13.2 Å². The number of esters is 1. The zero-order valence-corrected chi connectivity index (χ0v) is 22.1. The molecular weight excluding hydrogens is 540 g/mol. The van der Waals surface area contributed by atoms with Gasteiger partial charge < -0.3 is 4.74 Å². The van der Waals surface area contributed by atoms with E-state index in [0.717, 1.165) is 4.31 Å². The van der Waals surface area contributed by atoms with Gasteiger partial charge in [0.15, 0.2) is 0 Å². The molecule has 41 heavy (non-hydrogen) atoms. The van der Waals surface area contributed by atoms with Crippen molar-refractivity contribution in [1.82, 2.24) is 15.0 Å². The fourth-order valence-corrected chi connectivity index (χ4v) is 6.11. The molecule has 0 aliphatic rings. The van der Waals surface area contributed by atoms with Crippen LogP contribution in [0.15, 0.2) is 127 Å². The van der Waals surface area contributed by atoms with E-state index in [1.807, 2.05) is 0 Å². The third-order valence-electron chi connectivity index (χ3n) is 6.42. The summed E-state index contributed by atoms with van der Waals surface area (Å²) in [6, 6.07) is 23.9. The molecule has 10 heteroatoms. The fraction of sp³-hybridized carbons (Fsp3) is 0. The van der Waals surface area contributed by atoms with Gasteiger partial charge in [-0.3, -0.25) is 19.7 Å². The van der Waals surface area contributed by atoms with Gasteiger partial charge in [0.05, 0.1) is 16.8 Å². The van der Waals surface area contributed by atoms with Crippen LogP contribution in [0.25, 0.3) is 21.7 Å². The lowest BCUT2D eigenvalue weighted by molar-refractivity contribution is 0.0736. The van der Waals surface area contributed by atoms with Gasteiger partial charge in [-0.2, -0.15) is 4.31 Å². The van der Waals surface area contributed by atoms with Crippen molar-refractivity contribution in [1.29, 1.82) is 0 Å². The third-order valence-corrected chi connectivity index (χ3v) is 8.15. The van der Waals surface area contributed by atoms with Crippen LogP contribution in [0, 0.1) is 0 Å². The van der Waals surface area contributed by atoms with Gasteiger partial charge in [0, 0.05) is 52.7 Å². The molecule has 1 amide bonds. The van der Waals surface area contributed by atoms with Crippen LogP contribution in [0.5, 0.6) is 5.75 Å². The molecule has 0 bridgehead atoms. The Hall–Kier alpha value is -5.48. The Balaban J connectivity index is 1.55. The molecule has 0 unspecified atom stereocenters. The Labute approximate surface area is 234 Å². The first-order valence-electron chi connectivity index (χ1n) is 12.4. The van der Waals surface area contributed by atoms with Gasteiger partial charge in [0.25, 0.3) is 15.9 Å². The van der Waals surface area contributed by atoms with Crippen LogP contribution in [0.3, 0.4) is 0 Å². The highest BCUT2D eigenvalue weighted by molar-refractivity contribution is 7.93. The molecule has 9 nitrogen and oxygen atoms in total. The number of aromatic nitrogens is 3. The van der Waals surface area contributed by atoms with E-state index in [-0.39, 0.29) is 27.4 Å². The Morgan fingerprint density at radius 1 is 0.659 bits per heavy atom. The number of amides is 1. The van der Waals surface area contributed by atoms with Crippen LogP contribution in [-0.4, -0.2) is 35.2 Å². The van der Waals surface area contributed by atoms with Crippen LogP contribution in [0.2, 0.25) is 0 Å². The molecule has 0 aliphatic heterocycles. The lowest BCUT2D eigenvalue weighted by Crippen LogP contribution is -2.37. The molecule has 0 N–H and O–H groups in total. The number of pyridine rings is 3. The number of rotatable bonds is 6. The number of carbonyl (C=O) groups excluding carboxylic acids is 2. The molecule has 0 fully saturated rings. The molecule has 3 aromatic heterocycles. The molecule has 0 aliphatic carbocycles. The predicted molar refractivity (Wildman–Crippen MR) is 153 cm³/mol. The van der Waals surface area contributed by atoms with E-state index in [1.165, 1.54) is 73.4 Å². The highest BCUT2D eigenvalue weighted by Gasteiger charge is 2.35. The monoisotopic (exact) mass is 560 g/mol. The molecule has 6 aromatic rings. The predicted octanol–water partition coefficient (Wildman–Crippen LogP) is 5.43. The van der Waals surface area contributed by atoms with Crippen LogP contribution in [0.4, 0.5) is 5.69 Å².